The average Bonchev–Trinajstić information content (AvgIpc) is 2.94. The molecule has 0 N–H and O–H groups in total. The molecule has 4 rings (SSSR count). The van der Waals surface area contributed by atoms with E-state index >= 15 is 0 Å². The smallest absolute Gasteiger partial charge is 0.122 e. The summed E-state index contributed by atoms with van der Waals surface area (Å²) in [4.78, 5) is 0. The van der Waals surface area contributed by atoms with E-state index in [1.165, 1.54) is 24.8 Å². The third-order valence-electron chi connectivity index (χ3n) is 5.00. The van der Waals surface area contributed by atoms with Gasteiger partial charge in [-0.15, -0.1) is 0 Å². The molecule has 1 nitrogen and oxygen atoms in total. The van der Waals surface area contributed by atoms with Crippen LogP contribution in [0.25, 0.3) is 0 Å². The number of ether oxygens (including phenoxy) is 1. The fourth-order valence-electron chi connectivity index (χ4n) is 4.26. The molecule has 0 spiro atoms. The standard InChI is InChI=1S/C16H18O/c1-2-10-7-12-9-13(10)14-8-11-5-3-4-6-15(11)17-16(12)14/h2-6,12-14,16H,7-9H2,1H3/b10-2+. The summed E-state index contributed by atoms with van der Waals surface area (Å²) < 4.78 is 6.26. The Morgan fingerprint density at radius 3 is 3.00 bits per heavy atom. The van der Waals surface area contributed by atoms with Crippen molar-refractivity contribution in [1.29, 1.82) is 0 Å². The molecule has 3 aliphatic rings. The first-order valence-electron chi connectivity index (χ1n) is 6.76. The molecule has 1 heterocycles. The predicted molar refractivity (Wildman–Crippen MR) is 68.0 cm³/mol. The molecule has 1 aromatic carbocycles. The molecule has 2 fully saturated rings. The Bertz CT molecular complexity index is 488. The van der Waals surface area contributed by atoms with E-state index in [1.54, 1.807) is 5.57 Å². The third kappa shape index (κ3) is 1.25. The van der Waals surface area contributed by atoms with Crippen molar-refractivity contribution >= 4 is 0 Å². The van der Waals surface area contributed by atoms with Crippen LogP contribution in [-0.2, 0) is 6.42 Å². The molecular formula is C16H18O. The Morgan fingerprint density at radius 2 is 2.12 bits per heavy atom. The molecule has 0 saturated heterocycles. The zero-order valence-electron chi connectivity index (χ0n) is 10.2. The Kier molecular flexibility index (Phi) is 1.94. The molecular weight excluding hydrogens is 208 g/mol. The summed E-state index contributed by atoms with van der Waals surface area (Å²) in [6.45, 7) is 2.20. The molecule has 2 saturated carbocycles. The van der Waals surface area contributed by atoms with Crippen LogP contribution in [0.4, 0.5) is 0 Å². The van der Waals surface area contributed by atoms with Crippen molar-refractivity contribution in [1.82, 2.24) is 0 Å². The molecule has 0 amide bonds. The van der Waals surface area contributed by atoms with Gasteiger partial charge >= 0.3 is 0 Å². The quantitative estimate of drug-likeness (QED) is 0.614. The summed E-state index contributed by atoms with van der Waals surface area (Å²) in [6.07, 6.45) is 6.72. The van der Waals surface area contributed by atoms with Gasteiger partial charge in [0.1, 0.15) is 11.9 Å². The first-order chi connectivity index (χ1) is 8.36. The highest BCUT2D eigenvalue weighted by Gasteiger charge is 2.52. The van der Waals surface area contributed by atoms with E-state index in [9.17, 15) is 0 Å². The Labute approximate surface area is 102 Å². The Balaban J connectivity index is 1.72. The lowest BCUT2D eigenvalue weighted by molar-refractivity contribution is 0.0797. The van der Waals surface area contributed by atoms with E-state index < -0.39 is 0 Å². The summed E-state index contributed by atoms with van der Waals surface area (Å²) in [7, 11) is 0. The number of allylic oxidation sites excluding steroid dienone is 2. The van der Waals surface area contributed by atoms with E-state index in [0.29, 0.717) is 6.10 Å². The van der Waals surface area contributed by atoms with Gasteiger partial charge in [-0.1, -0.05) is 29.8 Å². The summed E-state index contributed by atoms with van der Waals surface area (Å²) in [5.41, 5.74) is 3.11. The zero-order valence-corrected chi connectivity index (χ0v) is 10.2. The molecule has 1 heteroatoms. The van der Waals surface area contributed by atoms with Gasteiger partial charge in [0.2, 0.25) is 0 Å². The van der Waals surface area contributed by atoms with Crippen molar-refractivity contribution in [2.24, 2.45) is 17.8 Å². The summed E-state index contributed by atoms with van der Waals surface area (Å²) in [5.74, 6) is 3.48. The summed E-state index contributed by atoms with van der Waals surface area (Å²) in [5, 5.41) is 0. The second kappa shape index (κ2) is 3.38. The van der Waals surface area contributed by atoms with E-state index in [4.69, 9.17) is 4.74 Å². The first-order valence-corrected chi connectivity index (χ1v) is 6.76. The fraction of sp³-hybridized carbons (Fsp3) is 0.500. The van der Waals surface area contributed by atoms with Crippen molar-refractivity contribution < 1.29 is 4.74 Å². The lowest BCUT2D eigenvalue weighted by Crippen LogP contribution is -2.38. The molecule has 0 aromatic heterocycles. The number of fused-ring (bicyclic) bond motifs is 6. The van der Waals surface area contributed by atoms with E-state index in [-0.39, 0.29) is 0 Å². The summed E-state index contributed by atoms with van der Waals surface area (Å²) >= 11 is 0. The second-order valence-corrected chi connectivity index (χ2v) is 5.73. The summed E-state index contributed by atoms with van der Waals surface area (Å²) in [6, 6.07) is 8.58. The van der Waals surface area contributed by atoms with Crippen LogP contribution in [0.3, 0.4) is 0 Å². The lowest BCUT2D eigenvalue weighted by Gasteiger charge is -2.37. The Hall–Kier alpha value is -1.24. The van der Waals surface area contributed by atoms with E-state index in [2.05, 4.69) is 37.3 Å². The largest absolute Gasteiger partial charge is 0.490 e. The monoisotopic (exact) mass is 226 g/mol. The zero-order chi connectivity index (χ0) is 11.4. The van der Waals surface area contributed by atoms with Crippen LogP contribution >= 0.6 is 0 Å². The molecule has 2 aliphatic carbocycles. The molecule has 4 atom stereocenters. The Morgan fingerprint density at radius 1 is 1.24 bits per heavy atom. The van der Waals surface area contributed by atoms with E-state index in [1.807, 2.05) is 0 Å². The highest BCUT2D eigenvalue weighted by Crippen LogP contribution is 2.55. The maximum absolute atomic E-state index is 6.26. The number of hydrogen-bond donors (Lipinski definition) is 0. The lowest BCUT2D eigenvalue weighted by atomic mass is 9.77. The van der Waals surface area contributed by atoms with Crippen molar-refractivity contribution in [3.63, 3.8) is 0 Å². The van der Waals surface area contributed by atoms with Gasteiger partial charge in [-0.2, -0.15) is 0 Å². The predicted octanol–water partition coefficient (Wildman–Crippen LogP) is 3.59. The van der Waals surface area contributed by atoms with Gasteiger partial charge in [-0.25, -0.2) is 0 Å². The number of benzene rings is 1. The fourth-order valence-corrected chi connectivity index (χ4v) is 4.26. The molecule has 17 heavy (non-hydrogen) atoms. The minimum atomic E-state index is 0.499. The van der Waals surface area contributed by atoms with Gasteiger partial charge in [-0.3, -0.25) is 0 Å². The van der Waals surface area contributed by atoms with Gasteiger partial charge in [-0.05, 0) is 43.7 Å². The normalized spacial score (nSPS) is 39.9. The molecule has 88 valence electrons. The SMILES string of the molecule is C/C=C1\CC2CC1C1Cc3ccccc3OC21. The average molecular weight is 226 g/mol. The highest BCUT2D eigenvalue weighted by atomic mass is 16.5. The van der Waals surface area contributed by atoms with Crippen LogP contribution in [0.1, 0.15) is 25.3 Å². The maximum Gasteiger partial charge on any atom is 0.122 e. The van der Waals surface area contributed by atoms with Gasteiger partial charge in [0.25, 0.3) is 0 Å². The van der Waals surface area contributed by atoms with Crippen molar-refractivity contribution in [2.45, 2.75) is 32.3 Å². The molecule has 4 unspecified atom stereocenters. The number of hydrogen-bond acceptors (Lipinski definition) is 1. The van der Waals surface area contributed by atoms with Gasteiger partial charge in [0, 0.05) is 11.8 Å². The molecule has 1 aromatic rings. The van der Waals surface area contributed by atoms with Crippen LogP contribution in [0.2, 0.25) is 0 Å². The maximum atomic E-state index is 6.26. The van der Waals surface area contributed by atoms with E-state index in [0.717, 1.165) is 23.5 Å². The number of rotatable bonds is 0. The van der Waals surface area contributed by atoms with Crippen molar-refractivity contribution in [2.75, 3.05) is 0 Å². The highest BCUT2D eigenvalue weighted by molar-refractivity contribution is 5.38. The van der Waals surface area contributed by atoms with Crippen LogP contribution < -0.4 is 4.74 Å². The van der Waals surface area contributed by atoms with Crippen molar-refractivity contribution in [3.05, 3.63) is 41.5 Å². The van der Waals surface area contributed by atoms with Crippen LogP contribution in [0.5, 0.6) is 5.75 Å². The molecule has 0 radical (unpaired) electrons. The number of para-hydroxylation sites is 1. The molecule has 2 bridgehead atoms. The van der Waals surface area contributed by atoms with Crippen LogP contribution in [0, 0.1) is 17.8 Å². The minimum absolute atomic E-state index is 0.499. The first kappa shape index (κ1) is 9.76. The second-order valence-electron chi connectivity index (χ2n) is 5.73. The van der Waals surface area contributed by atoms with Gasteiger partial charge in [0.05, 0.1) is 0 Å². The van der Waals surface area contributed by atoms with Crippen LogP contribution in [0.15, 0.2) is 35.9 Å². The van der Waals surface area contributed by atoms with Gasteiger partial charge < -0.3 is 4.74 Å². The van der Waals surface area contributed by atoms with Gasteiger partial charge in [0.15, 0.2) is 0 Å². The molecule has 1 aliphatic heterocycles. The minimum Gasteiger partial charge on any atom is -0.490 e. The topological polar surface area (TPSA) is 9.23 Å². The van der Waals surface area contributed by atoms with Crippen LogP contribution in [-0.4, -0.2) is 6.10 Å². The third-order valence-corrected chi connectivity index (χ3v) is 5.00. The van der Waals surface area contributed by atoms with Crippen molar-refractivity contribution in [3.8, 4) is 5.75 Å².